The number of amides is 1. The van der Waals surface area contributed by atoms with E-state index in [0.717, 1.165) is 31.1 Å². The van der Waals surface area contributed by atoms with Crippen molar-refractivity contribution in [1.29, 1.82) is 0 Å². The highest BCUT2D eigenvalue weighted by molar-refractivity contribution is 6.30. The Labute approximate surface area is 141 Å². The second-order valence-electron chi connectivity index (χ2n) is 5.91. The molecule has 5 heteroatoms. The summed E-state index contributed by atoms with van der Waals surface area (Å²) >= 11 is 5.77. The summed E-state index contributed by atoms with van der Waals surface area (Å²) in [4.78, 5) is 16.1. The van der Waals surface area contributed by atoms with Crippen LogP contribution in [0.15, 0.2) is 42.6 Å². The third-order valence-electron chi connectivity index (χ3n) is 4.18. The normalized spacial score (nSPS) is 17.2. The van der Waals surface area contributed by atoms with Gasteiger partial charge in [0, 0.05) is 11.9 Å². The monoisotopic (exact) mass is 329 g/mol. The topological polar surface area (TPSA) is 54.0 Å². The first-order valence-corrected chi connectivity index (χ1v) is 8.31. The molecule has 0 radical (unpaired) electrons. The van der Waals surface area contributed by atoms with Crippen LogP contribution in [0.5, 0.6) is 0 Å². The van der Waals surface area contributed by atoms with Gasteiger partial charge in [0.25, 0.3) is 5.91 Å². The van der Waals surface area contributed by atoms with E-state index < -0.39 is 0 Å². The van der Waals surface area contributed by atoms with Crippen LogP contribution >= 0.6 is 11.6 Å². The zero-order chi connectivity index (χ0) is 16.1. The molecule has 0 bridgehead atoms. The molecule has 23 heavy (non-hydrogen) atoms. The summed E-state index contributed by atoms with van der Waals surface area (Å²) in [6.45, 7) is 2.29. The molecule has 1 saturated heterocycles. The summed E-state index contributed by atoms with van der Waals surface area (Å²) in [5.74, 6) is 0.566. The zero-order valence-corrected chi connectivity index (χ0v) is 13.6. The number of rotatable bonds is 5. The van der Waals surface area contributed by atoms with Gasteiger partial charge in [0.1, 0.15) is 5.69 Å². The smallest absolute Gasteiger partial charge is 0.274 e. The van der Waals surface area contributed by atoms with Gasteiger partial charge >= 0.3 is 0 Å². The third kappa shape index (κ3) is 4.53. The third-order valence-corrected chi connectivity index (χ3v) is 4.40. The standard InChI is InChI=1S/C18H20ClN3O/c19-15-5-8-17(21-12-15)18(23)22-16-6-3-13(4-7-16)1-2-14-9-10-20-11-14/h3-8,12,14,20H,1-2,9-11H2,(H,22,23). The molecule has 1 aromatic heterocycles. The largest absolute Gasteiger partial charge is 0.321 e. The molecule has 0 aliphatic carbocycles. The van der Waals surface area contributed by atoms with E-state index in [1.807, 2.05) is 12.1 Å². The van der Waals surface area contributed by atoms with Crippen molar-refractivity contribution in [3.8, 4) is 0 Å². The van der Waals surface area contributed by atoms with Crippen molar-refractivity contribution in [1.82, 2.24) is 10.3 Å². The lowest BCUT2D eigenvalue weighted by Gasteiger charge is -2.09. The summed E-state index contributed by atoms with van der Waals surface area (Å²) in [5.41, 5.74) is 2.43. The summed E-state index contributed by atoms with van der Waals surface area (Å²) in [6, 6.07) is 11.3. The van der Waals surface area contributed by atoms with Crippen LogP contribution in [-0.2, 0) is 6.42 Å². The number of hydrogen-bond donors (Lipinski definition) is 2. The first-order chi connectivity index (χ1) is 11.2. The van der Waals surface area contributed by atoms with E-state index in [4.69, 9.17) is 11.6 Å². The van der Waals surface area contributed by atoms with Crippen LogP contribution in [0.3, 0.4) is 0 Å². The fraction of sp³-hybridized carbons (Fsp3) is 0.333. The molecule has 4 nitrogen and oxygen atoms in total. The van der Waals surface area contributed by atoms with Crippen LogP contribution in [0.4, 0.5) is 5.69 Å². The molecule has 1 amide bonds. The molecule has 120 valence electrons. The predicted octanol–water partition coefficient (Wildman–Crippen LogP) is 3.53. The van der Waals surface area contributed by atoms with Crippen molar-refractivity contribution < 1.29 is 4.79 Å². The highest BCUT2D eigenvalue weighted by Gasteiger charge is 2.14. The second kappa shape index (κ2) is 7.57. The van der Waals surface area contributed by atoms with Gasteiger partial charge in [0.05, 0.1) is 5.02 Å². The lowest BCUT2D eigenvalue weighted by atomic mass is 9.99. The average Bonchev–Trinajstić information content (AvgIpc) is 3.08. The Bertz CT molecular complexity index is 649. The molecule has 1 aliphatic heterocycles. The Balaban J connectivity index is 1.54. The number of hydrogen-bond acceptors (Lipinski definition) is 3. The van der Waals surface area contributed by atoms with Crippen LogP contribution in [-0.4, -0.2) is 24.0 Å². The first-order valence-electron chi connectivity index (χ1n) is 7.93. The maximum absolute atomic E-state index is 12.1. The van der Waals surface area contributed by atoms with Crippen molar-refractivity contribution in [3.63, 3.8) is 0 Å². The van der Waals surface area contributed by atoms with Gasteiger partial charge in [0.2, 0.25) is 0 Å². The number of anilines is 1. The molecule has 3 rings (SSSR count). The molecule has 1 unspecified atom stereocenters. The summed E-state index contributed by atoms with van der Waals surface area (Å²) in [5, 5.41) is 6.76. The maximum Gasteiger partial charge on any atom is 0.274 e. The number of aromatic nitrogens is 1. The predicted molar refractivity (Wildman–Crippen MR) is 92.9 cm³/mol. The van der Waals surface area contributed by atoms with Crippen molar-refractivity contribution in [2.24, 2.45) is 5.92 Å². The van der Waals surface area contributed by atoms with E-state index >= 15 is 0 Å². The SMILES string of the molecule is O=C(Nc1ccc(CCC2CCNC2)cc1)c1ccc(Cl)cn1. The number of carbonyl (C=O) groups is 1. The molecule has 2 aromatic rings. The number of nitrogens with one attached hydrogen (secondary N) is 2. The van der Waals surface area contributed by atoms with Crippen molar-refractivity contribution in [2.45, 2.75) is 19.3 Å². The summed E-state index contributed by atoms with van der Waals surface area (Å²) in [7, 11) is 0. The molecule has 0 saturated carbocycles. The summed E-state index contributed by atoms with van der Waals surface area (Å²) in [6.07, 6.45) is 5.05. The van der Waals surface area contributed by atoms with Crippen LogP contribution in [0, 0.1) is 5.92 Å². The Hall–Kier alpha value is -1.91. The zero-order valence-electron chi connectivity index (χ0n) is 12.9. The van der Waals surface area contributed by atoms with Gasteiger partial charge < -0.3 is 10.6 Å². The van der Waals surface area contributed by atoms with Gasteiger partial charge in [-0.25, -0.2) is 4.98 Å². The summed E-state index contributed by atoms with van der Waals surface area (Å²) < 4.78 is 0. The van der Waals surface area contributed by atoms with Gasteiger partial charge in [0.15, 0.2) is 0 Å². The Kier molecular flexibility index (Phi) is 5.26. The van der Waals surface area contributed by atoms with E-state index in [2.05, 4.69) is 27.8 Å². The van der Waals surface area contributed by atoms with Crippen molar-refractivity contribution in [3.05, 3.63) is 58.9 Å². The Morgan fingerprint density at radius 1 is 1.26 bits per heavy atom. The van der Waals surface area contributed by atoms with Gasteiger partial charge in [-0.2, -0.15) is 0 Å². The number of benzene rings is 1. The molecule has 1 aliphatic rings. The Morgan fingerprint density at radius 3 is 2.74 bits per heavy atom. The fourth-order valence-corrected chi connectivity index (χ4v) is 2.90. The molecule has 0 spiro atoms. The average molecular weight is 330 g/mol. The molecular formula is C18H20ClN3O. The van der Waals surface area contributed by atoms with E-state index in [1.54, 1.807) is 12.1 Å². The minimum Gasteiger partial charge on any atom is -0.321 e. The lowest BCUT2D eigenvalue weighted by Crippen LogP contribution is -2.13. The van der Waals surface area contributed by atoms with Gasteiger partial charge in [-0.05, 0) is 68.1 Å². The molecule has 2 heterocycles. The van der Waals surface area contributed by atoms with Crippen molar-refractivity contribution >= 4 is 23.2 Å². The van der Waals surface area contributed by atoms with Crippen LogP contribution in [0.1, 0.15) is 28.9 Å². The van der Waals surface area contributed by atoms with E-state index in [-0.39, 0.29) is 5.91 Å². The number of pyridine rings is 1. The highest BCUT2D eigenvalue weighted by atomic mass is 35.5. The minimum absolute atomic E-state index is 0.230. The van der Waals surface area contributed by atoms with Crippen LogP contribution in [0.25, 0.3) is 0 Å². The van der Waals surface area contributed by atoms with Gasteiger partial charge in [-0.3, -0.25) is 4.79 Å². The minimum atomic E-state index is -0.230. The number of aryl methyl sites for hydroxylation is 1. The lowest BCUT2D eigenvalue weighted by molar-refractivity contribution is 0.102. The van der Waals surface area contributed by atoms with Crippen molar-refractivity contribution in [2.75, 3.05) is 18.4 Å². The van der Waals surface area contributed by atoms with Crippen LogP contribution < -0.4 is 10.6 Å². The molecular weight excluding hydrogens is 310 g/mol. The first kappa shape index (κ1) is 16.0. The molecule has 2 N–H and O–H groups in total. The fourth-order valence-electron chi connectivity index (χ4n) is 2.79. The molecule has 1 aromatic carbocycles. The van der Waals surface area contributed by atoms with E-state index in [9.17, 15) is 4.79 Å². The van der Waals surface area contributed by atoms with Gasteiger partial charge in [-0.1, -0.05) is 23.7 Å². The number of halogens is 1. The second-order valence-corrected chi connectivity index (χ2v) is 6.35. The Morgan fingerprint density at radius 2 is 2.09 bits per heavy atom. The number of carbonyl (C=O) groups excluding carboxylic acids is 1. The molecule has 1 atom stereocenters. The van der Waals surface area contributed by atoms with E-state index in [0.29, 0.717) is 10.7 Å². The number of nitrogens with zero attached hydrogens (tertiary/aromatic N) is 1. The van der Waals surface area contributed by atoms with Gasteiger partial charge in [-0.15, -0.1) is 0 Å². The van der Waals surface area contributed by atoms with E-state index in [1.165, 1.54) is 24.6 Å². The van der Waals surface area contributed by atoms with Crippen LogP contribution in [0.2, 0.25) is 5.02 Å². The quantitative estimate of drug-likeness (QED) is 0.882. The highest BCUT2D eigenvalue weighted by Crippen LogP contribution is 2.18. The maximum atomic E-state index is 12.1. The molecule has 1 fully saturated rings.